The van der Waals surface area contributed by atoms with E-state index in [4.69, 9.17) is 22.5 Å². The third-order valence-corrected chi connectivity index (χ3v) is 6.44. The molecule has 0 saturated heterocycles. The number of nitrogens with two attached hydrogens (primary N) is 1. The third-order valence-electron chi connectivity index (χ3n) is 2.15. The molecule has 0 aliphatic carbocycles. The van der Waals surface area contributed by atoms with E-state index in [-0.39, 0.29) is 26.4 Å². The first-order chi connectivity index (χ1) is 9.35. The van der Waals surface area contributed by atoms with Gasteiger partial charge in [-0.25, -0.2) is 8.42 Å². The largest absolute Gasteiger partial charge is 0.409 e. The fourth-order valence-corrected chi connectivity index (χ4v) is 4.69. The number of hydrogen-bond donors (Lipinski definition) is 4. The Bertz CT molecular complexity index is 749. The van der Waals surface area contributed by atoms with E-state index in [9.17, 15) is 8.42 Å². The molecule has 2 heterocycles. The van der Waals surface area contributed by atoms with Crippen molar-refractivity contribution in [2.75, 3.05) is 4.72 Å². The van der Waals surface area contributed by atoms with Gasteiger partial charge in [0.15, 0.2) is 5.84 Å². The maximum Gasteiger partial charge on any atom is 0.272 e. The van der Waals surface area contributed by atoms with Crippen LogP contribution in [0.2, 0.25) is 5.02 Å². The van der Waals surface area contributed by atoms with Gasteiger partial charge in [0, 0.05) is 0 Å². The second-order valence-electron chi connectivity index (χ2n) is 3.44. The average molecular weight is 401 g/mol. The van der Waals surface area contributed by atoms with Crippen molar-refractivity contribution in [3.63, 3.8) is 0 Å². The van der Waals surface area contributed by atoms with E-state index < -0.39 is 10.0 Å². The predicted molar refractivity (Wildman–Crippen MR) is 78.9 cm³/mol. The first-order valence-electron chi connectivity index (χ1n) is 4.84. The number of amidine groups is 1. The molecular formula is C8H7BrClN5O3S2. The lowest BCUT2D eigenvalue weighted by Gasteiger charge is -2.05. The van der Waals surface area contributed by atoms with Crippen LogP contribution in [0.5, 0.6) is 0 Å². The molecule has 5 N–H and O–H groups in total. The van der Waals surface area contributed by atoms with Crippen molar-refractivity contribution in [3.05, 3.63) is 26.6 Å². The van der Waals surface area contributed by atoms with E-state index in [1.165, 1.54) is 12.3 Å². The van der Waals surface area contributed by atoms with Gasteiger partial charge in [0.25, 0.3) is 10.0 Å². The molecule has 8 nitrogen and oxygen atoms in total. The summed E-state index contributed by atoms with van der Waals surface area (Å²) in [6.45, 7) is 0. The number of H-pyrrole nitrogens is 1. The Morgan fingerprint density at radius 1 is 1.65 bits per heavy atom. The van der Waals surface area contributed by atoms with Crippen LogP contribution in [0.15, 0.2) is 25.4 Å². The highest BCUT2D eigenvalue weighted by molar-refractivity contribution is 9.11. The van der Waals surface area contributed by atoms with Crippen LogP contribution >= 0.6 is 38.9 Å². The van der Waals surface area contributed by atoms with Crippen LogP contribution in [0.3, 0.4) is 0 Å². The fraction of sp³-hybridized carbons (Fsp3) is 0. The summed E-state index contributed by atoms with van der Waals surface area (Å²) in [5.74, 6) is -0.289. The van der Waals surface area contributed by atoms with E-state index >= 15 is 0 Å². The van der Waals surface area contributed by atoms with Gasteiger partial charge in [0.2, 0.25) is 0 Å². The van der Waals surface area contributed by atoms with Crippen LogP contribution in [0.25, 0.3) is 0 Å². The minimum Gasteiger partial charge on any atom is -0.409 e. The molecule has 0 saturated carbocycles. The molecule has 0 fully saturated rings. The highest BCUT2D eigenvalue weighted by Crippen LogP contribution is 2.35. The zero-order chi connectivity index (χ0) is 14.9. The number of nitrogens with zero attached hydrogens (tertiary/aromatic N) is 2. The molecule has 0 aliphatic rings. The number of oxime groups is 1. The smallest absolute Gasteiger partial charge is 0.272 e. The Morgan fingerprint density at radius 3 is 2.90 bits per heavy atom. The van der Waals surface area contributed by atoms with Crippen molar-refractivity contribution in [2.24, 2.45) is 10.9 Å². The average Bonchev–Trinajstić information content (AvgIpc) is 2.96. The standard InChI is InChI=1S/C8H7BrClN5O3S2/c9-6-4(10)1-5(19-6)20(17,18)15-8-3(2-12-13-8)7(11)14-16/h1-2,16H,(H2,11,14)(H2,12,13,15). The summed E-state index contributed by atoms with van der Waals surface area (Å²) in [6.07, 6.45) is 1.23. The monoisotopic (exact) mass is 399 g/mol. The third kappa shape index (κ3) is 2.90. The fourth-order valence-electron chi connectivity index (χ4n) is 1.26. The van der Waals surface area contributed by atoms with Crippen molar-refractivity contribution in [3.8, 4) is 0 Å². The van der Waals surface area contributed by atoms with E-state index in [1.807, 2.05) is 0 Å². The highest BCUT2D eigenvalue weighted by atomic mass is 79.9. The lowest BCUT2D eigenvalue weighted by molar-refractivity contribution is 0.318. The maximum absolute atomic E-state index is 12.2. The van der Waals surface area contributed by atoms with Crippen LogP contribution in [0, 0.1) is 0 Å². The van der Waals surface area contributed by atoms with Crippen molar-refractivity contribution in [1.82, 2.24) is 10.2 Å². The van der Waals surface area contributed by atoms with Gasteiger partial charge in [0.1, 0.15) is 10.0 Å². The topological polar surface area (TPSA) is 133 Å². The number of anilines is 1. The Kier molecular flexibility index (Phi) is 4.22. The number of aromatic nitrogens is 2. The van der Waals surface area contributed by atoms with Crippen molar-refractivity contribution < 1.29 is 13.6 Å². The lowest BCUT2D eigenvalue weighted by atomic mass is 10.3. The molecule has 0 amide bonds. The van der Waals surface area contributed by atoms with E-state index in [2.05, 4.69) is 36.0 Å². The van der Waals surface area contributed by atoms with Crippen LogP contribution in [0.1, 0.15) is 5.56 Å². The Balaban J connectivity index is 2.37. The van der Waals surface area contributed by atoms with Crippen LogP contribution < -0.4 is 10.5 Å². The molecule has 20 heavy (non-hydrogen) atoms. The van der Waals surface area contributed by atoms with Gasteiger partial charge in [-0.15, -0.1) is 11.3 Å². The van der Waals surface area contributed by atoms with Crippen molar-refractivity contribution in [2.45, 2.75) is 4.21 Å². The predicted octanol–water partition coefficient (Wildman–Crippen LogP) is 1.78. The summed E-state index contributed by atoms with van der Waals surface area (Å²) in [5.41, 5.74) is 5.53. The second-order valence-corrected chi connectivity index (χ2v) is 8.12. The van der Waals surface area contributed by atoms with Gasteiger partial charge in [-0.1, -0.05) is 16.8 Å². The van der Waals surface area contributed by atoms with E-state index in [0.29, 0.717) is 3.79 Å². The minimum atomic E-state index is -3.86. The summed E-state index contributed by atoms with van der Waals surface area (Å²) in [6, 6.07) is 1.30. The number of nitrogens with one attached hydrogen (secondary N) is 2. The molecule has 0 radical (unpaired) electrons. The van der Waals surface area contributed by atoms with Gasteiger partial charge in [-0.2, -0.15) is 5.10 Å². The Morgan fingerprint density at radius 2 is 2.35 bits per heavy atom. The van der Waals surface area contributed by atoms with Gasteiger partial charge in [-0.05, 0) is 22.0 Å². The van der Waals surface area contributed by atoms with E-state index in [0.717, 1.165) is 11.3 Å². The summed E-state index contributed by atoms with van der Waals surface area (Å²) in [7, 11) is -3.86. The van der Waals surface area contributed by atoms with E-state index in [1.54, 1.807) is 0 Å². The molecule has 0 bridgehead atoms. The molecule has 0 aromatic carbocycles. The van der Waals surface area contributed by atoms with Gasteiger partial charge in [-0.3, -0.25) is 9.82 Å². The summed E-state index contributed by atoms with van der Waals surface area (Å²) >= 11 is 9.89. The number of halogens is 2. The molecular weight excluding hydrogens is 394 g/mol. The van der Waals surface area contributed by atoms with Crippen LogP contribution in [-0.4, -0.2) is 29.7 Å². The normalized spacial score (nSPS) is 12.6. The molecule has 0 unspecified atom stereocenters. The molecule has 2 rings (SSSR count). The summed E-state index contributed by atoms with van der Waals surface area (Å²) < 4.78 is 27.1. The molecule has 2 aromatic heterocycles. The molecule has 0 atom stereocenters. The number of aromatic amines is 1. The van der Waals surface area contributed by atoms with Crippen molar-refractivity contribution in [1.29, 1.82) is 0 Å². The summed E-state index contributed by atoms with van der Waals surface area (Å²) in [4.78, 5) is 0. The summed E-state index contributed by atoms with van der Waals surface area (Å²) in [5, 5.41) is 17.7. The lowest BCUT2D eigenvalue weighted by Crippen LogP contribution is -2.18. The molecule has 0 aliphatic heterocycles. The quantitative estimate of drug-likeness (QED) is 0.269. The molecule has 108 valence electrons. The van der Waals surface area contributed by atoms with Crippen LogP contribution in [0.4, 0.5) is 5.82 Å². The second kappa shape index (κ2) is 5.60. The number of rotatable bonds is 4. The Labute approximate surface area is 130 Å². The first kappa shape index (κ1) is 15.1. The first-order valence-corrected chi connectivity index (χ1v) is 8.31. The number of sulfonamides is 1. The maximum atomic E-state index is 12.2. The van der Waals surface area contributed by atoms with Gasteiger partial charge < -0.3 is 10.9 Å². The van der Waals surface area contributed by atoms with Crippen molar-refractivity contribution >= 4 is 60.5 Å². The van der Waals surface area contributed by atoms with Crippen LogP contribution in [-0.2, 0) is 10.0 Å². The van der Waals surface area contributed by atoms with Gasteiger partial charge in [0.05, 0.1) is 20.6 Å². The molecule has 12 heteroatoms. The zero-order valence-electron chi connectivity index (χ0n) is 9.46. The van der Waals surface area contributed by atoms with Gasteiger partial charge >= 0.3 is 0 Å². The SMILES string of the molecule is NC(=NO)c1cn[nH]c1NS(=O)(=O)c1cc(Cl)c(Br)s1. The highest BCUT2D eigenvalue weighted by Gasteiger charge is 2.22. The molecule has 0 spiro atoms. The Hall–Kier alpha value is -1.30. The zero-order valence-corrected chi connectivity index (χ0v) is 13.4. The minimum absolute atomic E-state index is 0.00873. The number of thiophene rings is 1. The number of hydrogen-bond acceptors (Lipinski definition) is 6. The molecule has 2 aromatic rings.